The summed E-state index contributed by atoms with van der Waals surface area (Å²) in [5.41, 5.74) is 1.59. The molecule has 0 unspecified atom stereocenters. The normalized spacial score (nSPS) is 10.7. The lowest BCUT2D eigenvalue weighted by molar-refractivity contribution is 0.0457. The van der Waals surface area contributed by atoms with Gasteiger partial charge in [0.25, 0.3) is 0 Å². The fraction of sp³-hybridized carbons (Fsp3) is 0.364. The van der Waals surface area contributed by atoms with E-state index in [-0.39, 0.29) is 11.7 Å². The average Bonchev–Trinajstić information content (AvgIpc) is 2.66. The molecule has 0 bridgehead atoms. The lowest BCUT2D eigenvalue weighted by atomic mass is 9.95. The van der Waals surface area contributed by atoms with E-state index in [1.54, 1.807) is 24.3 Å². The van der Waals surface area contributed by atoms with Crippen LogP contribution in [0.4, 0.5) is 0 Å². The number of phenolic OH excluding ortho intramolecular Hbond substituents is 1. The third kappa shape index (κ3) is 5.58. The molecule has 0 aliphatic heterocycles. The smallest absolute Gasteiger partial charge is 0.338 e. The number of hydrogen-bond acceptors (Lipinski definition) is 5. The third-order valence-corrected chi connectivity index (χ3v) is 3.94. The van der Waals surface area contributed by atoms with Crippen molar-refractivity contribution in [2.24, 2.45) is 5.92 Å². The van der Waals surface area contributed by atoms with Gasteiger partial charge in [0.05, 0.1) is 24.3 Å². The fourth-order valence-corrected chi connectivity index (χ4v) is 2.54. The van der Waals surface area contributed by atoms with Gasteiger partial charge in [0.15, 0.2) is 0 Å². The van der Waals surface area contributed by atoms with Crippen molar-refractivity contribution >= 4 is 11.9 Å². The number of esters is 2. The summed E-state index contributed by atoms with van der Waals surface area (Å²) in [4.78, 5) is 25.0. The summed E-state index contributed by atoms with van der Waals surface area (Å²) in [6, 6.07) is 11.3. The molecule has 0 spiro atoms. The van der Waals surface area contributed by atoms with Gasteiger partial charge in [-0.25, -0.2) is 9.59 Å². The van der Waals surface area contributed by atoms with Crippen LogP contribution in [0.2, 0.25) is 0 Å². The Morgan fingerprint density at radius 2 is 1.63 bits per heavy atom. The van der Waals surface area contributed by atoms with Crippen molar-refractivity contribution in [3.8, 4) is 16.9 Å². The van der Waals surface area contributed by atoms with E-state index in [4.69, 9.17) is 9.47 Å². The van der Waals surface area contributed by atoms with E-state index in [1.165, 1.54) is 18.2 Å². The number of ether oxygens (including phenoxy) is 2. The van der Waals surface area contributed by atoms with Crippen molar-refractivity contribution in [1.29, 1.82) is 0 Å². The summed E-state index contributed by atoms with van der Waals surface area (Å²) < 4.78 is 10.7. The SMILES string of the molecule is CCCCOC(=O)c1ccc(O)cc1-c1ccccc1C(=O)OCC(C)C. The van der Waals surface area contributed by atoms with Gasteiger partial charge in [0.1, 0.15) is 5.75 Å². The van der Waals surface area contributed by atoms with Gasteiger partial charge >= 0.3 is 11.9 Å². The number of unbranched alkanes of at least 4 members (excludes halogenated alkanes) is 1. The molecule has 2 aromatic carbocycles. The molecule has 144 valence electrons. The molecule has 1 N–H and O–H groups in total. The summed E-state index contributed by atoms with van der Waals surface area (Å²) in [7, 11) is 0. The second-order valence-electron chi connectivity index (χ2n) is 6.76. The van der Waals surface area contributed by atoms with Crippen molar-refractivity contribution in [2.75, 3.05) is 13.2 Å². The number of aromatic hydroxyl groups is 1. The van der Waals surface area contributed by atoms with Crippen LogP contribution >= 0.6 is 0 Å². The maximum Gasteiger partial charge on any atom is 0.338 e. The van der Waals surface area contributed by atoms with Crippen LogP contribution in [0.1, 0.15) is 54.3 Å². The van der Waals surface area contributed by atoms with Crippen LogP contribution in [-0.2, 0) is 9.47 Å². The van der Waals surface area contributed by atoms with Gasteiger partial charge in [-0.15, -0.1) is 0 Å². The van der Waals surface area contributed by atoms with Crippen LogP contribution in [0.5, 0.6) is 5.75 Å². The Morgan fingerprint density at radius 1 is 0.963 bits per heavy atom. The second-order valence-corrected chi connectivity index (χ2v) is 6.76. The highest BCUT2D eigenvalue weighted by Crippen LogP contribution is 2.31. The van der Waals surface area contributed by atoms with Gasteiger partial charge < -0.3 is 14.6 Å². The molecule has 0 atom stereocenters. The molecular formula is C22H26O5. The molecular weight excluding hydrogens is 344 g/mol. The molecule has 0 aliphatic rings. The standard InChI is InChI=1S/C22H26O5/c1-4-5-12-26-21(24)19-11-10-16(23)13-20(19)17-8-6-7-9-18(17)22(25)27-14-15(2)3/h6-11,13,15,23H,4-5,12,14H2,1-3H3. The van der Waals surface area contributed by atoms with E-state index < -0.39 is 11.9 Å². The van der Waals surface area contributed by atoms with Gasteiger partial charge in [-0.05, 0) is 42.2 Å². The molecule has 0 saturated carbocycles. The van der Waals surface area contributed by atoms with Crippen LogP contribution in [0.25, 0.3) is 11.1 Å². The van der Waals surface area contributed by atoms with E-state index in [2.05, 4.69) is 0 Å². The predicted molar refractivity (Wildman–Crippen MR) is 104 cm³/mol. The Hall–Kier alpha value is -2.82. The van der Waals surface area contributed by atoms with E-state index in [9.17, 15) is 14.7 Å². The van der Waals surface area contributed by atoms with Crippen LogP contribution in [0, 0.1) is 5.92 Å². The number of carbonyl (C=O) groups excluding carboxylic acids is 2. The van der Waals surface area contributed by atoms with Gasteiger partial charge in [0, 0.05) is 5.56 Å². The monoisotopic (exact) mass is 370 g/mol. The Labute approximate surface area is 159 Å². The average molecular weight is 370 g/mol. The number of benzene rings is 2. The first-order valence-corrected chi connectivity index (χ1v) is 9.20. The maximum absolute atomic E-state index is 12.5. The predicted octanol–water partition coefficient (Wildman–Crippen LogP) is 4.83. The van der Waals surface area contributed by atoms with E-state index in [1.807, 2.05) is 20.8 Å². The van der Waals surface area contributed by atoms with Gasteiger partial charge in [0.2, 0.25) is 0 Å². The molecule has 0 saturated heterocycles. The highest BCUT2D eigenvalue weighted by Gasteiger charge is 2.20. The first-order valence-electron chi connectivity index (χ1n) is 9.20. The van der Waals surface area contributed by atoms with Crippen molar-refractivity contribution in [3.05, 3.63) is 53.6 Å². The number of rotatable bonds is 8. The molecule has 0 fully saturated rings. The van der Waals surface area contributed by atoms with E-state index in [0.717, 1.165) is 12.8 Å². The minimum Gasteiger partial charge on any atom is -0.508 e. The van der Waals surface area contributed by atoms with Crippen molar-refractivity contribution in [1.82, 2.24) is 0 Å². The second kappa shape index (κ2) is 9.76. The van der Waals surface area contributed by atoms with Crippen molar-refractivity contribution < 1.29 is 24.2 Å². The summed E-state index contributed by atoms with van der Waals surface area (Å²) in [6.45, 7) is 6.56. The Kier molecular flexibility index (Phi) is 7.41. The minimum atomic E-state index is -0.483. The van der Waals surface area contributed by atoms with E-state index in [0.29, 0.717) is 35.5 Å². The first kappa shape index (κ1) is 20.5. The zero-order valence-electron chi connectivity index (χ0n) is 16.0. The molecule has 5 nitrogen and oxygen atoms in total. The maximum atomic E-state index is 12.5. The highest BCUT2D eigenvalue weighted by atomic mass is 16.5. The van der Waals surface area contributed by atoms with Gasteiger partial charge in [-0.2, -0.15) is 0 Å². The largest absolute Gasteiger partial charge is 0.508 e. The summed E-state index contributed by atoms with van der Waals surface area (Å²) >= 11 is 0. The number of phenols is 1. The van der Waals surface area contributed by atoms with Crippen LogP contribution < -0.4 is 0 Å². The van der Waals surface area contributed by atoms with Gasteiger partial charge in [-0.3, -0.25) is 0 Å². The lowest BCUT2D eigenvalue weighted by Gasteiger charge is -2.14. The lowest BCUT2D eigenvalue weighted by Crippen LogP contribution is -2.12. The van der Waals surface area contributed by atoms with Crippen LogP contribution in [-0.4, -0.2) is 30.3 Å². The van der Waals surface area contributed by atoms with Gasteiger partial charge in [-0.1, -0.05) is 45.4 Å². The zero-order chi connectivity index (χ0) is 19.8. The van der Waals surface area contributed by atoms with Crippen molar-refractivity contribution in [3.63, 3.8) is 0 Å². The molecule has 0 aliphatic carbocycles. The van der Waals surface area contributed by atoms with Crippen LogP contribution in [0.15, 0.2) is 42.5 Å². The van der Waals surface area contributed by atoms with Crippen molar-refractivity contribution in [2.45, 2.75) is 33.6 Å². The zero-order valence-corrected chi connectivity index (χ0v) is 16.0. The fourth-order valence-electron chi connectivity index (χ4n) is 2.54. The van der Waals surface area contributed by atoms with Crippen LogP contribution in [0.3, 0.4) is 0 Å². The Balaban J connectivity index is 2.41. The summed E-state index contributed by atoms with van der Waals surface area (Å²) in [6.07, 6.45) is 1.69. The molecule has 5 heteroatoms. The summed E-state index contributed by atoms with van der Waals surface area (Å²) in [5, 5.41) is 9.93. The molecule has 0 radical (unpaired) electrons. The molecule has 0 heterocycles. The molecule has 0 aromatic heterocycles. The quantitative estimate of drug-likeness (QED) is 0.532. The molecule has 2 rings (SSSR count). The molecule has 0 amide bonds. The summed E-state index contributed by atoms with van der Waals surface area (Å²) in [5.74, 6) is -0.733. The molecule has 2 aromatic rings. The Morgan fingerprint density at radius 3 is 2.33 bits per heavy atom. The first-order chi connectivity index (χ1) is 12.9. The number of carbonyl (C=O) groups is 2. The number of hydrogen-bond donors (Lipinski definition) is 1. The minimum absolute atomic E-state index is 0.000425. The molecule has 27 heavy (non-hydrogen) atoms. The highest BCUT2D eigenvalue weighted by molar-refractivity contribution is 6.03. The third-order valence-electron chi connectivity index (χ3n) is 3.94. The topological polar surface area (TPSA) is 72.8 Å². The Bertz CT molecular complexity index is 795. The van der Waals surface area contributed by atoms with E-state index >= 15 is 0 Å².